The van der Waals surface area contributed by atoms with Crippen molar-refractivity contribution in [2.24, 2.45) is 0 Å². The fourth-order valence-corrected chi connectivity index (χ4v) is 1.25. The minimum absolute atomic E-state index is 0.103. The maximum atomic E-state index is 11.2. The van der Waals surface area contributed by atoms with E-state index in [1.165, 1.54) is 19.2 Å². The molecule has 0 unspecified atom stereocenters. The lowest BCUT2D eigenvalue weighted by atomic mass is 10.1. The minimum atomic E-state index is -0.620. The molecule has 80 valence electrons. The third kappa shape index (κ3) is 2.66. The first-order chi connectivity index (χ1) is 7.08. The first-order valence-electron chi connectivity index (χ1n) is 4.01. The molecule has 1 aromatic rings. The van der Waals surface area contributed by atoms with Crippen molar-refractivity contribution < 1.29 is 14.5 Å². The normalized spacial score (nSPS) is 9.73. The Kier molecular flexibility index (Phi) is 3.62. The molecule has 1 rings (SSSR count). The lowest BCUT2D eigenvalue weighted by Crippen LogP contribution is -2.03. The molecule has 0 heterocycles. The number of alkyl halides is 1. The summed E-state index contributed by atoms with van der Waals surface area (Å²) in [6.07, 6.45) is 0. The standard InChI is InChI=1S/C9H8ClNO4/c1-15-9(12)7-2-6(5-10)3-8(4-7)11(13)14/h2-4H,5H2,1H3. The summed E-state index contributed by atoms with van der Waals surface area (Å²) in [6.45, 7) is 0. The highest BCUT2D eigenvalue weighted by Gasteiger charge is 2.14. The molecule has 1 aromatic carbocycles. The lowest BCUT2D eigenvalue weighted by Gasteiger charge is -2.01. The van der Waals surface area contributed by atoms with Crippen LogP contribution in [-0.4, -0.2) is 18.0 Å². The van der Waals surface area contributed by atoms with Crippen LogP contribution in [0.4, 0.5) is 5.69 Å². The third-order valence-electron chi connectivity index (χ3n) is 1.76. The monoisotopic (exact) mass is 229 g/mol. The summed E-state index contributed by atoms with van der Waals surface area (Å²) in [4.78, 5) is 21.1. The fourth-order valence-electron chi connectivity index (χ4n) is 1.09. The average Bonchev–Trinajstić information content (AvgIpc) is 2.27. The number of hydrogen-bond donors (Lipinski definition) is 0. The van der Waals surface area contributed by atoms with Crippen LogP contribution in [0.2, 0.25) is 0 Å². The van der Waals surface area contributed by atoms with Crippen molar-refractivity contribution in [3.8, 4) is 0 Å². The molecule has 0 saturated carbocycles. The molecule has 0 bridgehead atoms. The predicted octanol–water partition coefficient (Wildman–Crippen LogP) is 2.12. The Morgan fingerprint density at radius 1 is 1.53 bits per heavy atom. The van der Waals surface area contributed by atoms with E-state index in [-0.39, 0.29) is 17.1 Å². The van der Waals surface area contributed by atoms with E-state index in [1.54, 1.807) is 0 Å². The van der Waals surface area contributed by atoms with Crippen molar-refractivity contribution >= 4 is 23.3 Å². The summed E-state index contributed by atoms with van der Waals surface area (Å²) < 4.78 is 4.47. The Bertz CT molecular complexity index is 405. The van der Waals surface area contributed by atoms with Gasteiger partial charge in [-0.15, -0.1) is 11.6 Å². The van der Waals surface area contributed by atoms with Crippen molar-refractivity contribution in [3.63, 3.8) is 0 Å². The van der Waals surface area contributed by atoms with Gasteiger partial charge < -0.3 is 4.74 Å². The average molecular weight is 230 g/mol. The predicted molar refractivity (Wildman–Crippen MR) is 54.0 cm³/mol. The quantitative estimate of drug-likeness (QED) is 0.345. The van der Waals surface area contributed by atoms with Crippen LogP contribution >= 0.6 is 11.6 Å². The summed E-state index contributed by atoms with van der Waals surface area (Å²) in [5.41, 5.74) is 0.460. The maximum absolute atomic E-state index is 11.2. The molecule has 0 atom stereocenters. The highest BCUT2D eigenvalue weighted by atomic mass is 35.5. The van der Waals surface area contributed by atoms with Crippen LogP contribution in [0.5, 0.6) is 0 Å². The van der Waals surface area contributed by atoms with E-state index >= 15 is 0 Å². The molecular formula is C9H8ClNO4. The van der Waals surface area contributed by atoms with E-state index in [1.807, 2.05) is 0 Å². The van der Waals surface area contributed by atoms with Crippen LogP contribution in [0.1, 0.15) is 15.9 Å². The van der Waals surface area contributed by atoms with Crippen LogP contribution in [0, 0.1) is 10.1 Å². The molecule has 0 radical (unpaired) electrons. The van der Waals surface area contributed by atoms with Gasteiger partial charge in [0, 0.05) is 18.0 Å². The Labute approximate surface area is 90.8 Å². The first-order valence-corrected chi connectivity index (χ1v) is 4.54. The van der Waals surface area contributed by atoms with Crippen LogP contribution in [-0.2, 0) is 10.6 Å². The van der Waals surface area contributed by atoms with Crippen LogP contribution in [0.15, 0.2) is 18.2 Å². The maximum Gasteiger partial charge on any atom is 0.338 e. The zero-order chi connectivity index (χ0) is 11.4. The molecule has 0 N–H and O–H groups in total. The summed E-state index contributed by atoms with van der Waals surface area (Å²) in [5.74, 6) is -0.517. The van der Waals surface area contributed by atoms with Crippen LogP contribution in [0.25, 0.3) is 0 Å². The summed E-state index contributed by atoms with van der Waals surface area (Å²) in [5, 5.41) is 10.5. The Hall–Kier alpha value is -1.62. The van der Waals surface area contributed by atoms with Gasteiger partial charge >= 0.3 is 5.97 Å². The summed E-state index contributed by atoms with van der Waals surface area (Å²) >= 11 is 5.55. The molecule has 0 spiro atoms. The van der Waals surface area contributed by atoms with E-state index in [0.717, 1.165) is 6.07 Å². The van der Waals surface area contributed by atoms with E-state index in [2.05, 4.69) is 4.74 Å². The fraction of sp³-hybridized carbons (Fsp3) is 0.222. The second-order valence-electron chi connectivity index (χ2n) is 2.77. The Morgan fingerprint density at radius 2 is 2.20 bits per heavy atom. The zero-order valence-corrected chi connectivity index (χ0v) is 8.65. The summed E-state index contributed by atoms with van der Waals surface area (Å²) in [7, 11) is 1.21. The van der Waals surface area contributed by atoms with Gasteiger partial charge in [0.25, 0.3) is 5.69 Å². The van der Waals surface area contributed by atoms with Crippen molar-refractivity contribution in [1.29, 1.82) is 0 Å². The van der Waals surface area contributed by atoms with Gasteiger partial charge in [0.05, 0.1) is 17.6 Å². The highest BCUT2D eigenvalue weighted by Crippen LogP contribution is 2.19. The van der Waals surface area contributed by atoms with Crippen LogP contribution in [0.3, 0.4) is 0 Å². The third-order valence-corrected chi connectivity index (χ3v) is 2.07. The van der Waals surface area contributed by atoms with Gasteiger partial charge in [-0.1, -0.05) is 0 Å². The second-order valence-corrected chi connectivity index (χ2v) is 3.04. The van der Waals surface area contributed by atoms with Crippen molar-refractivity contribution in [2.75, 3.05) is 7.11 Å². The smallest absolute Gasteiger partial charge is 0.338 e. The van der Waals surface area contributed by atoms with E-state index in [0.29, 0.717) is 5.56 Å². The number of halogens is 1. The van der Waals surface area contributed by atoms with Crippen LogP contribution < -0.4 is 0 Å². The molecule has 5 nitrogen and oxygen atoms in total. The molecule has 15 heavy (non-hydrogen) atoms. The lowest BCUT2D eigenvalue weighted by molar-refractivity contribution is -0.384. The molecule has 0 aliphatic rings. The molecular weight excluding hydrogens is 222 g/mol. The zero-order valence-electron chi connectivity index (χ0n) is 7.90. The molecule has 0 aliphatic heterocycles. The Morgan fingerprint density at radius 3 is 2.67 bits per heavy atom. The number of methoxy groups -OCH3 is 1. The number of hydrogen-bond acceptors (Lipinski definition) is 4. The highest BCUT2D eigenvalue weighted by molar-refractivity contribution is 6.17. The van der Waals surface area contributed by atoms with E-state index in [4.69, 9.17) is 11.6 Å². The first kappa shape index (κ1) is 11.5. The van der Waals surface area contributed by atoms with Crippen molar-refractivity contribution in [2.45, 2.75) is 5.88 Å². The SMILES string of the molecule is COC(=O)c1cc(CCl)cc([N+](=O)[O-])c1. The van der Waals surface area contributed by atoms with Gasteiger partial charge in [-0.05, 0) is 11.6 Å². The van der Waals surface area contributed by atoms with Gasteiger partial charge in [-0.2, -0.15) is 0 Å². The topological polar surface area (TPSA) is 69.4 Å². The van der Waals surface area contributed by atoms with E-state index in [9.17, 15) is 14.9 Å². The minimum Gasteiger partial charge on any atom is -0.465 e. The number of ether oxygens (including phenoxy) is 1. The number of esters is 1. The second kappa shape index (κ2) is 4.75. The Balaban J connectivity index is 3.23. The largest absolute Gasteiger partial charge is 0.465 e. The number of nitro benzene ring substituents is 1. The number of carbonyl (C=O) groups is 1. The van der Waals surface area contributed by atoms with Gasteiger partial charge in [0.2, 0.25) is 0 Å². The molecule has 0 amide bonds. The number of carbonyl (C=O) groups excluding carboxylic acids is 1. The number of rotatable bonds is 3. The van der Waals surface area contributed by atoms with Crippen molar-refractivity contribution in [1.82, 2.24) is 0 Å². The number of nitrogens with zero attached hydrogens (tertiary/aromatic N) is 1. The molecule has 6 heteroatoms. The molecule has 0 fully saturated rings. The van der Waals surface area contributed by atoms with Crippen molar-refractivity contribution in [3.05, 3.63) is 39.4 Å². The number of non-ortho nitro benzene ring substituents is 1. The number of nitro groups is 1. The molecule has 0 aromatic heterocycles. The molecule has 0 aliphatic carbocycles. The van der Waals surface area contributed by atoms with Gasteiger partial charge in [0.1, 0.15) is 0 Å². The molecule has 0 saturated heterocycles. The van der Waals surface area contributed by atoms with E-state index < -0.39 is 10.9 Å². The van der Waals surface area contributed by atoms with Gasteiger partial charge in [0.15, 0.2) is 0 Å². The van der Waals surface area contributed by atoms with Gasteiger partial charge in [-0.25, -0.2) is 4.79 Å². The van der Waals surface area contributed by atoms with Gasteiger partial charge in [-0.3, -0.25) is 10.1 Å². The number of benzene rings is 1. The summed E-state index contributed by atoms with van der Waals surface area (Å²) in [6, 6.07) is 3.94.